The van der Waals surface area contributed by atoms with Crippen LogP contribution in [-0.2, 0) is 0 Å². The van der Waals surface area contributed by atoms with Crippen molar-refractivity contribution in [1.29, 1.82) is 0 Å². The molecule has 0 aliphatic heterocycles. The van der Waals surface area contributed by atoms with E-state index in [1.807, 2.05) is 36.5 Å². The molecule has 0 amide bonds. The average molecular weight is 333 g/mol. The zero-order valence-electron chi connectivity index (χ0n) is 13.9. The monoisotopic (exact) mass is 333 g/mol. The van der Waals surface area contributed by atoms with Gasteiger partial charge in [-0.15, -0.1) is 0 Å². The summed E-state index contributed by atoms with van der Waals surface area (Å²) in [4.78, 5) is 11.6. The number of benzene rings is 1. The first-order valence-corrected chi connectivity index (χ1v) is 7.66. The molecule has 0 fully saturated rings. The smallest absolute Gasteiger partial charge is 0.190 e. The van der Waals surface area contributed by atoms with Gasteiger partial charge in [0.15, 0.2) is 5.96 Å². The molecule has 0 atom stereocenters. The number of hydrogen-bond donors (Lipinski definition) is 3. The minimum atomic E-state index is -0.00950. The van der Waals surface area contributed by atoms with Crippen molar-refractivity contribution in [2.75, 3.05) is 7.11 Å². The van der Waals surface area contributed by atoms with Crippen LogP contribution in [0, 0.1) is 0 Å². The van der Waals surface area contributed by atoms with Crippen molar-refractivity contribution in [3.63, 3.8) is 0 Å². The van der Waals surface area contributed by atoms with Gasteiger partial charge in [-0.3, -0.25) is 0 Å². The minimum absolute atomic E-state index is 0.00950. The Kier molecular flexibility index (Phi) is 4.52. The Morgan fingerprint density at radius 2 is 2.08 bits per heavy atom. The molecule has 25 heavy (non-hydrogen) atoms. The van der Waals surface area contributed by atoms with E-state index in [2.05, 4.69) is 21.5 Å². The lowest BCUT2D eigenvalue weighted by Crippen LogP contribution is -2.21. The van der Waals surface area contributed by atoms with Crippen LogP contribution in [0.15, 0.2) is 66.6 Å². The Labute approximate surface area is 145 Å². The largest absolute Gasteiger partial charge is 0.496 e. The van der Waals surface area contributed by atoms with Gasteiger partial charge in [0.1, 0.15) is 11.4 Å². The van der Waals surface area contributed by atoms with E-state index in [0.717, 1.165) is 39.0 Å². The number of nitrogens with zero attached hydrogens (tertiary/aromatic N) is 2. The number of aromatic nitrogens is 2. The molecule has 1 aromatic carbocycles. The number of pyridine rings is 1. The summed E-state index contributed by atoms with van der Waals surface area (Å²) in [5.74, 6) is 0.790. The zero-order valence-corrected chi connectivity index (χ0v) is 13.9. The summed E-state index contributed by atoms with van der Waals surface area (Å²) < 4.78 is 5.47. The van der Waals surface area contributed by atoms with Gasteiger partial charge < -0.3 is 21.2 Å². The third kappa shape index (κ3) is 3.23. The Balaban J connectivity index is 2.16. The summed E-state index contributed by atoms with van der Waals surface area (Å²) in [6.07, 6.45) is 6.93. The van der Waals surface area contributed by atoms with Gasteiger partial charge in [0, 0.05) is 46.2 Å². The average Bonchev–Trinajstić information content (AvgIpc) is 3.05. The highest BCUT2D eigenvalue weighted by molar-refractivity contribution is 5.97. The predicted octanol–water partition coefficient (Wildman–Crippen LogP) is 3.04. The van der Waals surface area contributed by atoms with Crippen molar-refractivity contribution in [2.24, 2.45) is 16.5 Å². The highest BCUT2D eigenvalue weighted by atomic mass is 16.5. The van der Waals surface area contributed by atoms with E-state index < -0.39 is 0 Å². The number of ether oxygens (including phenoxy) is 1. The zero-order chi connectivity index (χ0) is 17.8. The number of aromatic amines is 1. The van der Waals surface area contributed by atoms with Gasteiger partial charge in [-0.1, -0.05) is 30.9 Å². The second-order valence-electron chi connectivity index (χ2n) is 5.37. The van der Waals surface area contributed by atoms with Crippen molar-refractivity contribution in [3.05, 3.63) is 67.1 Å². The molecular formula is C19H19N5O. The van der Waals surface area contributed by atoms with Crippen molar-refractivity contribution in [3.8, 4) is 16.9 Å². The number of rotatable bonds is 5. The fourth-order valence-corrected chi connectivity index (χ4v) is 2.64. The molecule has 126 valence electrons. The summed E-state index contributed by atoms with van der Waals surface area (Å²) >= 11 is 0. The van der Waals surface area contributed by atoms with Gasteiger partial charge in [-0.05, 0) is 12.1 Å². The van der Waals surface area contributed by atoms with Crippen molar-refractivity contribution < 1.29 is 4.74 Å². The van der Waals surface area contributed by atoms with Crippen LogP contribution in [0.5, 0.6) is 5.75 Å². The number of aliphatic imine (C=N–C) groups is 1. The van der Waals surface area contributed by atoms with Crippen LogP contribution in [0.25, 0.3) is 27.7 Å². The molecule has 0 bridgehead atoms. The second kappa shape index (κ2) is 6.92. The topological polar surface area (TPSA) is 102 Å². The minimum Gasteiger partial charge on any atom is -0.496 e. The molecule has 5 N–H and O–H groups in total. The lowest BCUT2D eigenvalue weighted by Gasteiger charge is -2.07. The van der Waals surface area contributed by atoms with E-state index in [9.17, 15) is 0 Å². The predicted molar refractivity (Wildman–Crippen MR) is 102 cm³/mol. The summed E-state index contributed by atoms with van der Waals surface area (Å²) in [5.41, 5.74) is 15.2. The molecule has 0 aliphatic carbocycles. The maximum atomic E-state index is 5.47. The van der Waals surface area contributed by atoms with Gasteiger partial charge in [-0.2, -0.15) is 0 Å². The van der Waals surface area contributed by atoms with Crippen LogP contribution in [-0.4, -0.2) is 23.0 Å². The third-order valence-corrected chi connectivity index (χ3v) is 3.83. The Morgan fingerprint density at radius 1 is 1.28 bits per heavy atom. The first-order chi connectivity index (χ1) is 12.1. The van der Waals surface area contributed by atoms with Crippen LogP contribution in [0.3, 0.4) is 0 Å². The fourth-order valence-electron chi connectivity index (χ4n) is 2.64. The second-order valence-corrected chi connectivity index (χ2v) is 5.37. The van der Waals surface area contributed by atoms with E-state index >= 15 is 0 Å². The standard InChI is InChI=1S/C19H19N5O/c1-3-12(9-24-19(20)21)13-8-15-16(11-23-18(15)22-10-13)14-6-4-5-7-17(14)25-2/h3-11H,1H2,2H3,(H,22,23)(H4,20,21,24)/b12-9+. The van der Waals surface area contributed by atoms with Gasteiger partial charge >= 0.3 is 0 Å². The van der Waals surface area contributed by atoms with Crippen molar-refractivity contribution in [1.82, 2.24) is 9.97 Å². The molecule has 2 aromatic heterocycles. The Hall–Kier alpha value is -3.54. The van der Waals surface area contributed by atoms with Crippen LogP contribution in [0.1, 0.15) is 5.56 Å². The number of methoxy groups -OCH3 is 1. The quantitative estimate of drug-likeness (QED) is 0.379. The molecule has 0 saturated carbocycles. The van der Waals surface area contributed by atoms with E-state index in [4.69, 9.17) is 16.2 Å². The summed E-state index contributed by atoms with van der Waals surface area (Å²) in [5, 5.41) is 0.972. The normalized spacial score (nSPS) is 11.3. The van der Waals surface area contributed by atoms with E-state index in [0.29, 0.717) is 0 Å². The number of allylic oxidation sites excluding steroid dienone is 2. The van der Waals surface area contributed by atoms with Crippen molar-refractivity contribution in [2.45, 2.75) is 0 Å². The molecule has 0 saturated heterocycles. The molecule has 3 rings (SSSR count). The molecule has 0 aliphatic rings. The Morgan fingerprint density at radius 3 is 2.80 bits per heavy atom. The molecular weight excluding hydrogens is 314 g/mol. The van der Waals surface area contributed by atoms with Gasteiger partial charge in [0.25, 0.3) is 0 Å². The van der Waals surface area contributed by atoms with E-state index in [-0.39, 0.29) is 5.96 Å². The summed E-state index contributed by atoms with van der Waals surface area (Å²) in [6, 6.07) is 9.88. The Bertz CT molecular complexity index is 980. The highest BCUT2D eigenvalue weighted by Gasteiger charge is 2.12. The molecule has 3 aromatic rings. The maximum absolute atomic E-state index is 5.47. The maximum Gasteiger partial charge on any atom is 0.190 e. The number of H-pyrrole nitrogens is 1. The number of fused-ring (bicyclic) bond motifs is 1. The van der Waals surface area contributed by atoms with E-state index in [1.165, 1.54) is 0 Å². The van der Waals surface area contributed by atoms with Crippen LogP contribution < -0.4 is 16.2 Å². The molecule has 0 spiro atoms. The van der Waals surface area contributed by atoms with Gasteiger partial charge in [0.05, 0.1) is 7.11 Å². The molecule has 6 heteroatoms. The molecule has 0 unspecified atom stereocenters. The van der Waals surface area contributed by atoms with Gasteiger partial charge in [-0.25, -0.2) is 9.98 Å². The first kappa shape index (κ1) is 16.3. The lowest BCUT2D eigenvalue weighted by molar-refractivity contribution is 0.416. The molecule has 6 nitrogen and oxygen atoms in total. The van der Waals surface area contributed by atoms with Crippen LogP contribution >= 0.6 is 0 Å². The highest BCUT2D eigenvalue weighted by Crippen LogP contribution is 2.35. The first-order valence-electron chi connectivity index (χ1n) is 7.66. The van der Waals surface area contributed by atoms with Gasteiger partial charge in [0.2, 0.25) is 0 Å². The number of nitrogens with two attached hydrogens (primary N) is 2. The number of para-hydroxylation sites is 1. The number of nitrogens with one attached hydrogen (secondary N) is 1. The van der Waals surface area contributed by atoms with E-state index in [1.54, 1.807) is 25.6 Å². The molecule has 2 heterocycles. The van der Waals surface area contributed by atoms with Crippen molar-refractivity contribution >= 4 is 22.6 Å². The molecule has 0 radical (unpaired) electrons. The number of guanidine groups is 1. The van der Waals surface area contributed by atoms with Crippen LogP contribution in [0.4, 0.5) is 0 Å². The summed E-state index contributed by atoms with van der Waals surface area (Å²) in [7, 11) is 1.66. The SMILES string of the molecule is C=C/C(=C\N=C(N)N)c1cnc2[nH]cc(-c3ccccc3OC)c2c1. The third-order valence-electron chi connectivity index (χ3n) is 3.83. The van der Waals surface area contributed by atoms with Crippen LogP contribution in [0.2, 0.25) is 0 Å². The summed E-state index contributed by atoms with van der Waals surface area (Å²) in [6.45, 7) is 3.82. The lowest BCUT2D eigenvalue weighted by atomic mass is 10.0. The fraction of sp³-hybridized carbons (Fsp3) is 0.0526. The number of hydrogen-bond acceptors (Lipinski definition) is 3.